The minimum absolute atomic E-state index is 0.0566. The zero-order chi connectivity index (χ0) is 19.1. The molecule has 1 aromatic carbocycles. The van der Waals surface area contributed by atoms with E-state index in [-0.39, 0.29) is 11.4 Å². The van der Waals surface area contributed by atoms with Gasteiger partial charge in [0.25, 0.3) is 5.91 Å². The first-order valence-corrected chi connectivity index (χ1v) is 8.57. The van der Waals surface area contributed by atoms with Gasteiger partial charge in [-0.3, -0.25) is 19.5 Å². The third-order valence-corrected chi connectivity index (χ3v) is 4.42. The number of aromatic nitrogens is 1. The molecule has 5 nitrogen and oxygen atoms in total. The van der Waals surface area contributed by atoms with E-state index in [1.807, 2.05) is 0 Å². The van der Waals surface area contributed by atoms with E-state index in [0.29, 0.717) is 16.4 Å². The average Bonchev–Trinajstić information content (AvgIpc) is 2.85. The van der Waals surface area contributed by atoms with Crippen LogP contribution in [-0.4, -0.2) is 21.8 Å². The molecule has 26 heavy (non-hydrogen) atoms. The summed E-state index contributed by atoms with van der Waals surface area (Å²) in [4.78, 5) is 31.5. The van der Waals surface area contributed by atoms with Gasteiger partial charge >= 0.3 is 0 Å². The van der Waals surface area contributed by atoms with E-state index in [0.717, 1.165) is 0 Å². The van der Waals surface area contributed by atoms with Gasteiger partial charge in [-0.15, -0.1) is 0 Å². The van der Waals surface area contributed by atoms with Crippen LogP contribution < -0.4 is 4.90 Å². The molecule has 0 fully saturated rings. The summed E-state index contributed by atoms with van der Waals surface area (Å²) in [6.45, 7) is 5.24. The van der Waals surface area contributed by atoms with Crippen molar-refractivity contribution >= 4 is 29.0 Å². The van der Waals surface area contributed by atoms with E-state index in [4.69, 9.17) is 11.6 Å². The van der Waals surface area contributed by atoms with Gasteiger partial charge in [0.05, 0.1) is 11.3 Å². The Hall–Kier alpha value is -2.66. The first kappa shape index (κ1) is 18.1. The number of halogens is 1. The van der Waals surface area contributed by atoms with E-state index in [1.165, 1.54) is 4.90 Å². The van der Waals surface area contributed by atoms with Gasteiger partial charge in [0.15, 0.2) is 11.5 Å². The van der Waals surface area contributed by atoms with Crippen LogP contribution in [0.3, 0.4) is 0 Å². The molecule has 0 saturated heterocycles. The average molecular weight is 371 g/mol. The van der Waals surface area contributed by atoms with Gasteiger partial charge in [-0.05, 0) is 30.3 Å². The fraction of sp³-hybridized carbons (Fsp3) is 0.250. The molecule has 1 N–H and O–H groups in total. The van der Waals surface area contributed by atoms with Gasteiger partial charge in [0.1, 0.15) is 6.04 Å². The van der Waals surface area contributed by atoms with Gasteiger partial charge in [-0.25, -0.2) is 0 Å². The molecule has 0 bridgehead atoms. The lowest BCUT2D eigenvalue weighted by molar-refractivity contribution is -0.123. The first-order valence-electron chi connectivity index (χ1n) is 8.20. The van der Waals surface area contributed by atoms with E-state index in [9.17, 15) is 14.7 Å². The second-order valence-electron chi connectivity index (χ2n) is 7.15. The lowest BCUT2D eigenvalue weighted by Crippen LogP contribution is -2.33. The van der Waals surface area contributed by atoms with Crippen molar-refractivity contribution < 1.29 is 14.7 Å². The van der Waals surface area contributed by atoms with Gasteiger partial charge in [0.2, 0.25) is 0 Å². The minimum Gasteiger partial charge on any atom is -0.503 e. The van der Waals surface area contributed by atoms with Crippen LogP contribution in [0.1, 0.15) is 32.5 Å². The number of Topliss-reactive ketones (excluding diaryl/α,β-unsaturated/α-hetero) is 1. The number of pyridine rings is 1. The molecule has 1 aromatic heterocycles. The molecule has 6 heteroatoms. The van der Waals surface area contributed by atoms with Crippen LogP contribution in [-0.2, 0) is 9.59 Å². The van der Waals surface area contributed by atoms with Crippen molar-refractivity contribution in [3.05, 3.63) is 70.7 Å². The molecule has 1 unspecified atom stereocenters. The second-order valence-corrected chi connectivity index (χ2v) is 7.59. The Kier molecular flexibility index (Phi) is 4.59. The number of benzene rings is 1. The van der Waals surface area contributed by atoms with Crippen LogP contribution >= 0.6 is 11.6 Å². The van der Waals surface area contributed by atoms with E-state index in [2.05, 4.69) is 4.98 Å². The van der Waals surface area contributed by atoms with Crippen molar-refractivity contribution in [2.75, 3.05) is 4.90 Å². The summed E-state index contributed by atoms with van der Waals surface area (Å²) in [7, 11) is 0. The highest BCUT2D eigenvalue weighted by atomic mass is 35.5. The number of rotatable bonds is 3. The third-order valence-electron chi connectivity index (χ3n) is 4.19. The van der Waals surface area contributed by atoms with Gasteiger partial charge in [0, 0.05) is 22.3 Å². The maximum Gasteiger partial charge on any atom is 0.294 e. The van der Waals surface area contributed by atoms with E-state index >= 15 is 0 Å². The standard InChI is InChI=1S/C20H19ClN2O3/c1-20(2,3)18(25)15-16(14-9-4-5-10-22-14)23(19(26)17(15)24)13-8-6-7-12(21)11-13/h4-11,16,24H,1-3H3. The van der Waals surface area contributed by atoms with Gasteiger partial charge < -0.3 is 5.11 Å². The highest BCUT2D eigenvalue weighted by Crippen LogP contribution is 2.43. The molecule has 3 rings (SSSR count). The summed E-state index contributed by atoms with van der Waals surface area (Å²) in [5.41, 5.74) is 0.279. The molecule has 1 atom stereocenters. The number of carbonyl (C=O) groups is 2. The van der Waals surface area contributed by atoms with Crippen LogP contribution in [0.4, 0.5) is 5.69 Å². The summed E-state index contributed by atoms with van der Waals surface area (Å²) >= 11 is 6.08. The number of aliphatic hydroxyl groups is 1. The van der Waals surface area contributed by atoms with Crippen LogP contribution in [0, 0.1) is 5.41 Å². The number of hydrogen-bond donors (Lipinski definition) is 1. The van der Waals surface area contributed by atoms with Crippen molar-refractivity contribution in [1.29, 1.82) is 0 Å². The Labute approximate surface area is 156 Å². The lowest BCUT2D eigenvalue weighted by Gasteiger charge is -2.28. The predicted octanol–water partition coefficient (Wildman–Crippen LogP) is 4.25. The van der Waals surface area contributed by atoms with E-state index in [1.54, 1.807) is 69.4 Å². The number of aliphatic hydroxyl groups excluding tert-OH is 1. The minimum atomic E-state index is -0.811. The molecule has 0 spiro atoms. The van der Waals surface area contributed by atoms with Crippen LogP contribution in [0.2, 0.25) is 5.02 Å². The maximum absolute atomic E-state index is 13.0. The first-order chi connectivity index (χ1) is 12.2. The molecule has 0 saturated carbocycles. The molecular weight excluding hydrogens is 352 g/mol. The molecule has 2 heterocycles. The molecule has 134 valence electrons. The summed E-state index contributed by atoms with van der Waals surface area (Å²) < 4.78 is 0. The Morgan fingerprint density at radius 3 is 2.50 bits per heavy atom. The quantitative estimate of drug-likeness (QED) is 0.876. The molecule has 0 radical (unpaired) electrons. The monoisotopic (exact) mass is 370 g/mol. The summed E-state index contributed by atoms with van der Waals surface area (Å²) in [5, 5.41) is 11.0. The number of anilines is 1. The van der Waals surface area contributed by atoms with Crippen molar-refractivity contribution in [3.63, 3.8) is 0 Å². The highest BCUT2D eigenvalue weighted by Gasteiger charge is 2.47. The zero-order valence-corrected chi connectivity index (χ0v) is 15.5. The number of amides is 1. The molecular formula is C20H19ClN2O3. The summed E-state index contributed by atoms with van der Waals surface area (Å²) in [5.74, 6) is -1.49. The number of hydrogen-bond acceptors (Lipinski definition) is 4. The summed E-state index contributed by atoms with van der Waals surface area (Å²) in [6.07, 6.45) is 1.59. The highest BCUT2D eigenvalue weighted by molar-refractivity contribution is 6.31. The second kappa shape index (κ2) is 6.57. The Balaban J connectivity index is 2.21. The molecule has 1 amide bonds. The van der Waals surface area contributed by atoms with Crippen molar-refractivity contribution in [3.8, 4) is 0 Å². The number of carbonyl (C=O) groups excluding carboxylic acids is 2. The Bertz CT molecular complexity index is 901. The zero-order valence-electron chi connectivity index (χ0n) is 14.7. The van der Waals surface area contributed by atoms with Crippen molar-refractivity contribution in [1.82, 2.24) is 4.98 Å². The largest absolute Gasteiger partial charge is 0.503 e. The van der Waals surface area contributed by atoms with Crippen molar-refractivity contribution in [2.24, 2.45) is 5.41 Å². The van der Waals surface area contributed by atoms with Gasteiger partial charge in [-0.2, -0.15) is 0 Å². The molecule has 1 aliphatic heterocycles. The topological polar surface area (TPSA) is 70.5 Å². The fourth-order valence-electron chi connectivity index (χ4n) is 2.95. The van der Waals surface area contributed by atoms with E-state index < -0.39 is 23.1 Å². The third kappa shape index (κ3) is 3.10. The predicted molar refractivity (Wildman–Crippen MR) is 100 cm³/mol. The Morgan fingerprint density at radius 1 is 1.19 bits per heavy atom. The smallest absolute Gasteiger partial charge is 0.294 e. The van der Waals surface area contributed by atoms with Crippen LogP contribution in [0.5, 0.6) is 0 Å². The fourth-order valence-corrected chi connectivity index (χ4v) is 3.14. The lowest BCUT2D eigenvalue weighted by atomic mass is 9.83. The number of nitrogens with zero attached hydrogens (tertiary/aromatic N) is 2. The van der Waals surface area contributed by atoms with Crippen LogP contribution in [0.15, 0.2) is 60.0 Å². The normalized spacial score (nSPS) is 17.8. The van der Waals surface area contributed by atoms with Crippen LogP contribution in [0.25, 0.3) is 0 Å². The molecule has 1 aliphatic rings. The maximum atomic E-state index is 13.0. The van der Waals surface area contributed by atoms with Gasteiger partial charge in [-0.1, -0.05) is 44.5 Å². The SMILES string of the molecule is CC(C)(C)C(=O)C1=C(O)C(=O)N(c2cccc(Cl)c2)C1c1ccccn1. The number of ketones is 1. The molecule has 2 aromatic rings. The van der Waals surface area contributed by atoms with Crippen molar-refractivity contribution in [2.45, 2.75) is 26.8 Å². The molecule has 0 aliphatic carbocycles. The summed E-state index contributed by atoms with van der Waals surface area (Å²) in [6, 6.07) is 11.2. The Morgan fingerprint density at radius 2 is 1.92 bits per heavy atom.